The lowest BCUT2D eigenvalue weighted by molar-refractivity contribution is 0.174. The molecule has 1 aromatic heterocycles. The molecule has 2 aromatic rings. The largest absolute Gasteiger partial charge is 0.454 e. The van der Waals surface area contributed by atoms with Crippen molar-refractivity contribution in [2.75, 3.05) is 6.79 Å². The predicted octanol–water partition coefficient (Wildman–Crippen LogP) is 1.44. The molecule has 94 valence electrons. The van der Waals surface area contributed by atoms with Crippen LogP contribution in [0.3, 0.4) is 0 Å². The van der Waals surface area contributed by atoms with E-state index in [2.05, 4.69) is 10.4 Å². The Hall–Kier alpha value is -2.01. The standard InChI is InChI=1S/C13H15N3O2/c1-16-5-4-11(15-16)8-14-7-10-2-3-12-13(6-10)18-9-17-12/h2-6,14H,7-9H2,1H3. The van der Waals surface area contributed by atoms with E-state index in [0.717, 1.165) is 30.3 Å². The van der Waals surface area contributed by atoms with Gasteiger partial charge in [-0.25, -0.2) is 0 Å². The molecule has 5 nitrogen and oxygen atoms in total. The van der Waals surface area contributed by atoms with E-state index in [1.54, 1.807) is 4.68 Å². The molecule has 0 unspecified atom stereocenters. The average Bonchev–Trinajstić information content (AvgIpc) is 2.97. The smallest absolute Gasteiger partial charge is 0.231 e. The van der Waals surface area contributed by atoms with Crippen molar-refractivity contribution >= 4 is 0 Å². The number of ether oxygens (including phenoxy) is 2. The number of hydrogen-bond donors (Lipinski definition) is 1. The van der Waals surface area contributed by atoms with Gasteiger partial charge in [-0.1, -0.05) is 6.07 Å². The van der Waals surface area contributed by atoms with Gasteiger partial charge in [0.1, 0.15) is 0 Å². The summed E-state index contributed by atoms with van der Waals surface area (Å²) >= 11 is 0. The molecule has 0 bridgehead atoms. The minimum Gasteiger partial charge on any atom is -0.454 e. The van der Waals surface area contributed by atoms with Crippen LogP contribution in [0.4, 0.5) is 0 Å². The lowest BCUT2D eigenvalue weighted by Gasteiger charge is -2.04. The molecule has 1 aromatic carbocycles. The molecule has 0 saturated carbocycles. The van der Waals surface area contributed by atoms with Crippen LogP contribution in [0.2, 0.25) is 0 Å². The van der Waals surface area contributed by atoms with Crippen LogP contribution in [0.5, 0.6) is 11.5 Å². The molecule has 0 aliphatic carbocycles. The first-order valence-corrected chi connectivity index (χ1v) is 5.89. The molecule has 18 heavy (non-hydrogen) atoms. The number of fused-ring (bicyclic) bond motifs is 1. The maximum atomic E-state index is 5.34. The van der Waals surface area contributed by atoms with Gasteiger partial charge in [-0.3, -0.25) is 4.68 Å². The maximum absolute atomic E-state index is 5.34. The Morgan fingerprint density at radius 3 is 2.94 bits per heavy atom. The molecule has 0 fully saturated rings. The summed E-state index contributed by atoms with van der Waals surface area (Å²) < 4.78 is 12.4. The van der Waals surface area contributed by atoms with Crippen molar-refractivity contribution in [3.63, 3.8) is 0 Å². The summed E-state index contributed by atoms with van der Waals surface area (Å²) in [5.74, 6) is 1.65. The molecule has 0 radical (unpaired) electrons. The third kappa shape index (κ3) is 2.31. The van der Waals surface area contributed by atoms with E-state index in [-0.39, 0.29) is 0 Å². The summed E-state index contributed by atoms with van der Waals surface area (Å²) in [7, 11) is 1.92. The third-order valence-corrected chi connectivity index (χ3v) is 2.84. The molecule has 1 aliphatic rings. The second-order valence-electron chi connectivity index (χ2n) is 4.27. The Labute approximate surface area is 105 Å². The van der Waals surface area contributed by atoms with Crippen LogP contribution >= 0.6 is 0 Å². The molecule has 2 heterocycles. The van der Waals surface area contributed by atoms with Crippen LogP contribution in [-0.2, 0) is 20.1 Å². The van der Waals surface area contributed by atoms with Gasteiger partial charge >= 0.3 is 0 Å². The summed E-state index contributed by atoms with van der Waals surface area (Å²) in [6.45, 7) is 1.86. The zero-order valence-electron chi connectivity index (χ0n) is 10.2. The Kier molecular flexibility index (Phi) is 2.90. The maximum Gasteiger partial charge on any atom is 0.231 e. The highest BCUT2D eigenvalue weighted by molar-refractivity contribution is 5.44. The Balaban J connectivity index is 1.57. The second kappa shape index (κ2) is 4.70. The molecule has 1 N–H and O–H groups in total. The van der Waals surface area contributed by atoms with Crippen molar-refractivity contribution in [2.45, 2.75) is 13.1 Å². The van der Waals surface area contributed by atoms with Crippen molar-refractivity contribution in [3.05, 3.63) is 41.7 Å². The minimum absolute atomic E-state index is 0.320. The number of aryl methyl sites for hydroxylation is 1. The van der Waals surface area contributed by atoms with Gasteiger partial charge in [-0.05, 0) is 23.8 Å². The van der Waals surface area contributed by atoms with E-state index >= 15 is 0 Å². The molecule has 0 atom stereocenters. The topological polar surface area (TPSA) is 48.3 Å². The first-order chi connectivity index (χ1) is 8.81. The number of rotatable bonds is 4. The second-order valence-corrected chi connectivity index (χ2v) is 4.27. The van der Waals surface area contributed by atoms with Crippen molar-refractivity contribution in [2.24, 2.45) is 7.05 Å². The Morgan fingerprint density at radius 1 is 1.22 bits per heavy atom. The highest BCUT2D eigenvalue weighted by Gasteiger charge is 2.12. The molecular weight excluding hydrogens is 230 g/mol. The zero-order valence-corrected chi connectivity index (χ0v) is 10.2. The lowest BCUT2D eigenvalue weighted by Crippen LogP contribution is -2.13. The molecule has 0 spiro atoms. The van der Waals surface area contributed by atoms with Gasteiger partial charge in [-0.15, -0.1) is 0 Å². The number of benzene rings is 1. The molecule has 3 rings (SSSR count). The highest BCUT2D eigenvalue weighted by atomic mass is 16.7. The fourth-order valence-electron chi connectivity index (χ4n) is 1.94. The van der Waals surface area contributed by atoms with Crippen LogP contribution in [0.25, 0.3) is 0 Å². The predicted molar refractivity (Wildman–Crippen MR) is 66.3 cm³/mol. The molecule has 1 aliphatic heterocycles. The fourth-order valence-corrected chi connectivity index (χ4v) is 1.94. The van der Waals surface area contributed by atoms with Crippen LogP contribution in [-0.4, -0.2) is 16.6 Å². The van der Waals surface area contributed by atoms with Crippen LogP contribution in [0.15, 0.2) is 30.5 Å². The van der Waals surface area contributed by atoms with Crippen molar-refractivity contribution in [1.82, 2.24) is 15.1 Å². The monoisotopic (exact) mass is 245 g/mol. The molecule has 5 heteroatoms. The van der Waals surface area contributed by atoms with Gasteiger partial charge in [0, 0.05) is 26.3 Å². The summed E-state index contributed by atoms with van der Waals surface area (Å²) in [6.07, 6.45) is 1.94. The van der Waals surface area contributed by atoms with Gasteiger partial charge in [0.15, 0.2) is 11.5 Å². The third-order valence-electron chi connectivity index (χ3n) is 2.84. The van der Waals surface area contributed by atoms with E-state index < -0.39 is 0 Å². The van der Waals surface area contributed by atoms with E-state index in [1.807, 2.05) is 37.5 Å². The van der Waals surface area contributed by atoms with Crippen molar-refractivity contribution < 1.29 is 9.47 Å². The SMILES string of the molecule is Cn1ccc(CNCc2ccc3c(c2)OCO3)n1. The van der Waals surface area contributed by atoms with Crippen LogP contribution < -0.4 is 14.8 Å². The number of nitrogens with zero attached hydrogens (tertiary/aromatic N) is 2. The molecule has 0 saturated heterocycles. The van der Waals surface area contributed by atoms with Gasteiger partial charge in [0.05, 0.1) is 5.69 Å². The molecular formula is C13H15N3O2. The minimum atomic E-state index is 0.320. The van der Waals surface area contributed by atoms with E-state index in [4.69, 9.17) is 9.47 Å². The highest BCUT2D eigenvalue weighted by Crippen LogP contribution is 2.32. The van der Waals surface area contributed by atoms with E-state index in [9.17, 15) is 0 Å². The Bertz CT molecular complexity index is 551. The summed E-state index contributed by atoms with van der Waals surface area (Å²) in [4.78, 5) is 0. The average molecular weight is 245 g/mol. The summed E-state index contributed by atoms with van der Waals surface area (Å²) in [5.41, 5.74) is 2.22. The Morgan fingerprint density at radius 2 is 2.11 bits per heavy atom. The van der Waals surface area contributed by atoms with Gasteiger partial charge in [0.25, 0.3) is 0 Å². The fraction of sp³-hybridized carbons (Fsp3) is 0.308. The first kappa shape index (κ1) is 11.1. The quantitative estimate of drug-likeness (QED) is 0.885. The first-order valence-electron chi connectivity index (χ1n) is 5.89. The van der Waals surface area contributed by atoms with E-state index in [1.165, 1.54) is 5.56 Å². The van der Waals surface area contributed by atoms with Gasteiger partial charge < -0.3 is 14.8 Å². The summed E-state index contributed by atoms with van der Waals surface area (Å²) in [6, 6.07) is 8.00. The van der Waals surface area contributed by atoms with Crippen molar-refractivity contribution in [3.8, 4) is 11.5 Å². The zero-order chi connectivity index (χ0) is 12.4. The van der Waals surface area contributed by atoms with Crippen LogP contribution in [0, 0.1) is 0 Å². The summed E-state index contributed by atoms with van der Waals surface area (Å²) in [5, 5.41) is 7.66. The van der Waals surface area contributed by atoms with Gasteiger partial charge in [-0.2, -0.15) is 5.10 Å². The number of nitrogens with one attached hydrogen (secondary N) is 1. The van der Waals surface area contributed by atoms with Crippen LogP contribution in [0.1, 0.15) is 11.3 Å². The normalized spacial score (nSPS) is 12.9. The van der Waals surface area contributed by atoms with Gasteiger partial charge in [0.2, 0.25) is 6.79 Å². The number of aromatic nitrogens is 2. The lowest BCUT2D eigenvalue weighted by atomic mass is 10.2. The van der Waals surface area contributed by atoms with Crippen molar-refractivity contribution in [1.29, 1.82) is 0 Å². The number of hydrogen-bond acceptors (Lipinski definition) is 4. The molecule has 0 amide bonds. The van der Waals surface area contributed by atoms with E-state index in [0.29, 0.717) is 6.79 Å².